The van der Waals surface area contributed by atoms with Gasteiger partial charge >= 0.3 is 6.18 Å². The number of nitrogens with one attached hydrogen (secondary N) is 2. The normalized spacial score (nSPS) is 15.3. The first-order chi connectivity index (χ1) is 11.2. The molecule has 2 aromatic rings. The molecule has 128 valence electrons. The van der Waals surface area contributed by atoms with E-state index in [9.17, 15) is 22.4 Å². The van der Waals surface area contributed by atoms with Crippen molar-refractivity contribution in [2.75, 3.05) is 6.54 Å². The first-order valence-electron chi connectivity index (χ1n) is 7.16. The van der Waals surface area contributed by atoms with Gasteiger partial charge in [-0.05, 0) is 36.8 Å². The van der Waals surface area contributed by atoms with Gasteiger partial charge in [0.25, 0.3) is 5.56 Å². The molecule has 0 aliphatic carbocycles. The molecule has 0 radical (unpaired) electrons. The fourth-order valence-electron chi connectivity index (χ4n) is 2.78. The topological polar surface area (TPSA) is 51.9 Å². The zero-order valence-corrected chi connectivity index (χ0v) is 13.2. The Labute approximate surface area is 139 Å². The molecule has 0 saturated heterocycles. The highest BCUT2D eigenvalue weighted by atomic mass is 32.1. The van der Waals surface area contributed by atoms with Crippen LogP contribution in [0.15, 0.2) is 23.0 Å². The largest absolute Gasteiger partial charge is 0.416 e. The SMILES string of the molecule is O=c1[nH]c(=S)[nH]c2c1CCN(Cc1cc(C(F)(F)F)ccc1F)C2. The number of halogens is 4. The zero-order valence-electron chi connectivity index (χ0n) is 12.3. The second kappa shape index (κ2) is 6.14. The monoisotopic (exact) mass is 359 g/mol. The highest BCUT2D eigenvalue weighted by Crippen LogP contribution is 2.31. The summed E-state index contributed by atoms with van der Waals surface area (Å²) in [6, 6.07) is 2.38. The Morgan fingerprint density at radius 1 is 1.25 bits per heavy atom. The Kier molecular flexibility index (Phi) is 4.31. The van der Waals surface area contributed by atoms with Crippen LogP contribution in [0.4, 0.5) is 17.6 Å². The van der Waals surface area contributed by atoms with Crippen LogP contribution < -0.4 is 5.56 Å². The third-order valence-corrected chi connectivity index (χ3v) is 4.16. The number of hydrogen-bond donors (Lipinski definition) is 2. The number of fused-ring (bicyclic) bond motifs is 1. The van der Waals surface area contributed by atoms with E-state index in [4.69, 9.17) is 12.2 Å². The smallest absolute Gasteiger partial charge is 0.334 e. The maximum Gasteiger partial charge on any atom is 0.416 e. The van der Waals surface area contributed by atoms with Crippen molar-refractivity contribution in [3.63, 3.8) is 0 Å². The van der Waals surface area contributed by atoms with Gasteiger partial charge in [0.05, 0.1) is 5.56 Å². The van der Waals surface area contributed by atoms with Crippen molar-refractivity contribution in [3.05, 3.63) is 61.5 Å². The van der Waals surface area contributed by atoms with E-state index in [0.29, 0.717) is 30.8 Å². The van der Waals surface area contributed by atoms with Gasteiger partial charge in [-0.2, -0.15) is 13.2 Å². The number of benzene rings is 1. The summed E-state index contributed by atoms with van der Waals surface area (Å²) in [4.78, 5) is 19.0. The van der Waals surface area contributed by atoms with Gasteiger partial charge in [-0.3, -0.25) is 14.7 Å². The molecule has 0 bridgehead atoms. The third-order valence-electron chi connectivity index (χ3n) is 3.96. The Bertz CT molecular complexity index is 888. The fraction of sp³-hybridized carbons (Fsp3) is 0.333. The molecule has 4 nitrogen and oxygen atoms in total. The molecule has 1 aromatic carbocycles. The van der Waals surface area contributed by atoms with E-state index < -0.39 is 17.6 Å². The second-order valence-corrected chi connectivity index (χ2v) is 6.04. The summed E-state index contributed by atoms with van der Waals surface area (Å²) in [6.45, 7) is 0.748. The van der Waals surface area contributed by atoms with Crippen molar-refractivity contribution in [2.45, 2.75) is 25.7 Å². The molecule has 1 aliphatic heterocycles. The maximum atomic E-state index is 13.9. The van der Waals surface area contributed by atoms with Crippen molar-refractivity contribution < 1.29 is 17.6 Å². The van der Waals surface area contributed by atoms with Gasteiger partial charge in [0.2, 0.25) is 0 Å². The maximum absolute atomic E-state index is 13.9. The lowest BCUT2D eigenvalue weighted by atomic mass is 10.0. The summed E-state index contributed by atoms with van der Waals surface area (Å²) in [6.07, 6.45) is -4.10. The molecular weight excluding hydrogens is 346 g/mol. The minimum Gasteiger partial charge on any atom is -0.334 e. The minimum absolute atomic E-state index is 0.0165. The number of nitrogens with zero attached hydrogens (tertiary/aromatic N) is 1. The molecule has 9 heteroatoms. The summed E-state index contributed by atoms with van der Waals surface area (Å²) in [7, 11) is 0. The molecule has 1 aromatic heterocycles. The molecule has 0 amide bonds. The van der Waals surface area contributed by atoms with Gasteiger partial charge in [-0.15, -0.1) is 0 Å². The van der Waals surface area contributed by atoms with Crippen molar-refractivity contribution in [1.29, 1.82) is 0 Å². The van der Waals surface area contributed by atoms with Crippen molar-refractivity contribution in [2.24, 2.45) is 0 Å². The molecule has 24 heavy (non-hydrogen) atoms. The van der Waals surface area contributed by atoms with E-state index in [0.717, 1.165) is 18.2 Å². The van der Waals surface area contributed by atoms with Crippen LogP contribution in [-0.2, 0) is 25.7 Å². The standard InChI is InChI=1S/C15H13F4N3OS/c16-11-2-1-9(15(17,18)19)5-8(11)6-22-4-3-10-12(7-22)20-14(24)21-13(10)23/h1-2,5H,3-4,6-7H2,(H2,20,21,23,24). The molecule has 0 saturated carbocycles. The summed E-state index contributed by atoms with van der Waals surface area (Å²) < 4.78 is 52.4. The van der Waals surface area contributed by atoms with Crippen molar-refractivity contribution in [1.82, 2.24) is 14.9 Å². The summed E-state index contributed by atoms with van der Waals surface area (Å²) >= 11 is 4.92. The van der Waals surface area contributed by atoms with E-state index in [1.165, 1.54) is 0 Å². The summed E-state index contributed by atoms with van der Waals surface area (Å²) in [5.74, 6) is -0.687. The van der Waals surface area contributed by atoms with Crippen LogP contribution >= 0.6 is 12.2 Å². The van der Waals surface area contributed by atoms with E-state index in [2.05, 4.69) is 9.97 Å². The van der Waals surface area contributed by atoms with E-state index in [-0.39, 0.29) is 22.4 Å². The Hall–Kier alpha value is -2.00. The predicted octanol–water partition coefficient (Wildman–Crippen LogP) is 3.15. The van der Waals surface area contributed by atoms with Crippen LogP contribution in [-0.4, -0.2) is 21.4 Å². The molecule has 0 atom stereocenters. The molecular formula is C15H13F4N3OS. The van der Waals surface area contributed by atoms with E-state index in [1.807, 2.05) is 0 Å². The van der Waals surface area contributed by atoms with Crippen molar-refractivity contribution in [3.8, 4) is 0 Å². The van der Waals surface area contributed by atoms with Crippen LogP contribution in [0.2, 0.25) is 0 Å². The van der Waals surface area contributed by atoms with Gasteiger partial charge in [0.15, 0.2) is 4.77 Å². The Morgan fingerprint density at radius 2 is 2.00 bits per heavy atom. The van der Waals surface area contributed by atoms with Gasteiger partial charge in [-0.25, -0.2) is 4.39 Å². The van der Waals surface area contributed by atoms with Gasteiger partial charge < -0.3 is 4.98 Å². The van der Waals surface area contributed by atoms with Crippen LogP contribution in [0, 0.1) is 10.6 Å². The van der Waals surface area contributed by atoms with Crippen LogP contribution in [0.25, 0.3) is 0 Å². The molecule has 1 aliphatic rings. The average Bonchev–Trinajstić information content (AvgIpc) is 2.47. The number of rotatable bonds is 2. The summed E-state index contributed by atoms with van der Waals surface area (Å²) in [5, 5.41) is 0. The quantitative estimate of drug-likeness (QED) is 0.640. The number of alkyl halides is 3. The molecule has 0 spiro atoms. The van der Waals surface area contributed by atoms with Gasteiger partial charge in [-0.1, -0.05) is 0 Å². The molecule has 3 rings (SSSR count). The van der Waals surface area contributed by atoms with Crippen LogP contribution in [0.5, 0.6) is 0 Å². The number of H-pyrrole nitrogens is 2. The van der Waals surface area contributed by atoms with Crippen LogP contribution in [0.3, 0.4) is 0 Å². The summed E-state index contributed by atoms with van der Waals surface area (Å²) in [5.41, 5.74) is 0.00858. The molecule has 2 N–H and O–H groups in total. The Balaban J connectivity index is 1.85. The van der Waals surface area contributed by atoms with E-state index >= 15 is 0 Å². The average molecular weight is 359 g/mol. The highest BCUT2D eigenvalue weighted by molar-refractivity contribution is 7.71. The van der Waals surface area contributed by atoms with Gasteiger partial charge in [0.1, 0.15) is 5.82 Å². The molecule has 0 unspecified atom stereocenters. The number of hydrogen-bond acceptors (Lipinski definition) is 3. The highest BCUT2D eigenvalue weighted by Gasteiger charge is 2.31. The zero-order chi connectivity index (χ0) is 17.5. The van der Waals surface area contributed by atoms with Gasteiger partial charge in [0, 0.05) is 36.5 Å². The first-order valence-corrected chi connectivity index (χ1v) is 7.57. The minimum atomic E-state index is -4.52. The second-order valence-electron chi connectivity index (χ2n) is 5.63. The van der Waals surface area contributed by atoms with Crippen molar-refractivity contribution >= 4 is 12.2 Å². The third kappa shape index (κ3) is 3.41. The lowest BCUT2D eigenvalue weighted by Gasteiger charge is -2.28. The first kappa shape index (κ1) is 16.8. The fourth-order valence-corrected chi connectivity index (χ4v) is 3.00. The van der Waals surface area contributed by atoms with Crippen LogP contribution in [0.1, 0.15) is 22.4 Å². The molecule has 0 fully saturated rings. The number of aromatic nitrogens is 2. The lowest BCUT2D eigenvalue weighted by Crippen LogP contribution is -2.35. The van der Waals surface area contributed by atoms with E-state index in [1.54, 1.807) is 4.90 Å². The number of aromatic amines is 2. The lowest BCUT2D eigenvalue weighted by molar-refractivity contribution is -0.137. The molecule has 2 heterocycles. The Morgan fingerprint density at radius 3 is 2.71 bits per heavy atom. The predicted molar refractivity (Wildman–Crippen MR) is 81.5 cm³/mol.